The molecule has 1 aromatic carbocycles. The van der Waals surface area contributed by atoms with Crippen molar-refractivity contribution in [2.24, 2.45) is 5.92 Å². The van der Waals surface area contributed by atoms with Crippen molar-refractivity contribution >= 4 is 17.5 Å². The molecule has 0 spiro atoms. The van der Waals surface area contributed by atoms with E-state index >= 15 is 0 Å². The van der Waals surface area contributed by atoms with E-state index in [0.717, 1.165) is 12.1 Å². The third-order valence-electron chi connectivity index (χ3n) is 2.83. The molecule has 0 saturated carbocycles. The van der Waals surface area contributed by atoms with Crippen molar-refractivity contribution in [3.63, 3.8) is 0 Å². The lowest BCUT2D eigenvalue weighted by Gasteiger charge is -2.19. The summed E-state index contributed by atoms with van der Waals surface area (Å²) >= 11 is 5.69. The second-order valence-electron chi connectivity index (χ2n) is 4.41. The van der Waals surface area contributed by atoms with Gasteiger partial charge in [-0.3, -0.25) is 4.79 Å². The van der Waals surface area contributed by atoms with Gasteiger partial charge in [0, 0.05) is 11.9 Å². The number of benzene rings is 1. The highest BCUT2D eigenvalue weighted by atomic mass is 35.5. The Morgan fingerprint density at radius 2 is 2.00 bits per heavy atom. The van der Waals surface area contributed by atoms with E-state index in [9.17, 15) is 13.6 Å². The van der Waals surface area contributed by atoms with E-state index in [1.165, 1.54) is 6.07 Å². The molecule has 0 aliphatic carbocycles. The summed E-state index contributed by atoms with van der Waals surface area (Å²) in [6, 6.07) is 3.39. The summed E-state index contributed by atoms with van der Waals surface area (Å²) in [4.78, 5) is 11.7. The van der Waals surface area contributed by atoms with Crippen LogP contribution in [0.25, 0.3) is 0 Å². The van der Waals surface area contributed by atoms with Crippen LogP contribution in [0.3, 0.4) is 0 Å². The first kappa shape index (κ1) is 14.9. The molecule has 0 bridgehead atoms. The lowest BCUT2D eigenvalue weighted by Crippen LogP contribution is -2.38. The molecule has 5 heteroatoms. The third-order valence-corrected chi connectivity index (χ3v) is 3.32. The van der Waals surface area contributed by atoms with E-state index in [4.69, 9.17) is 11.6 Å². The number of alkyl halides is 1. The van der Waals surface area contributed by atoms with E-state index in [1.54, 1.807) is 0 Å². The topological polar surface area (TPSA) is 29.1 Å². The number of rotatable bonds is 5. The van der Waals surface area contributed by atoms with E-state index in [1.807, 2.05) is 13.8 Å². The van der Waals surface area contributed by atoms with Gasteiger partial charge in [-0.15, -0.1) is 11.6 Å². The van der Waals surface area contributed by atoms with Gasteiger partial charge in [-0.1, -0.05) is 13.0 Å². The van der Waals surface area contributed by atoms with Crippen molar-refractivity contribution in [1.29, 1.82) is 0 Å². The predicted octanol–water partition coefficient (Wildman–Crippen LogP) is 2.89. The Balaban J connectivity index is 2.57. The van der Waals surface area contributed by atoms with Crippen LogP contribution in [-0.2, 0) is 11.2 Å². The Morgan fingerprint density at radius 1 is 1.33 bits per heavy atom. The Hall–Kier alpha value is -1.16. The maximum Gasteiger partial charge on any atom is 0.224 e. The Bertz CT molecular complexity index is 425. The Labute approximate surface area is 110 Å². The zero-order valence-electron chi connectivity index (χ0n) is 10.3. The maximum absolute atomic E-state index is 13.0. The Kier molecular flexibility index (Phi) is 5.54. The van der Waals surface area contributed by atoms with Gasteiger partial charge in [-0.2, -0.15) is 0 Å². The number of carbonyl (C=O) groups excluding carboxylic acids is 1. The molecule has 0 radical (unpaired) electrons. The highest BCUT2D eigenvalue weighted by Crippen LogP contribution is 2.10. The molecule has 2 atom stereocenters. The standard InChI is InChI=1S/C13H16ClF2NO/c1-8(7-14)9(2)17-13(18)6-10-3-4-11(15)12(16)5-10/h3-5,8-9H,6-7H2,1-2H3,(H,17,18). The van der Waals surface area contributed by atoms with Crippen LogP contribution in [0.15, 0.2) is 18.2 Å². The number of hydrogen-bond donors (Lipinski definition) is 1. The van der Waals surface area contributed by atoms with Crippen LogP contribution < -0.4 is 5.32 Å². The second kappa shape index (κ2) is 6.69. The fourth-order valence-electron chi connectivity index (χ4n) is 1.42. The molecule has 0 heterocycles. The summed E-state index contributed by atoms with van der Waals surface area (Å²) in [5.41, 5.74) is 0.442. The largest absolute Gasteiger partial charge is 0.353 e. The SMILES string of the molecule is CC(CCl)C(C)NC(=O)Cc1ccc(F)c(F)c1. The zero-order valence-corrected chi connectivity index (χ0v) is 11.1. The fourth-order valence-corrected chi connectivity index (χ4v) is 1.68. The molecule has 0 saturated heterocycles. The van der Waals surface area contributed by atoms with Crippen molar-refractivity contribution in [3.05, 3.63) is 35.4 Å². The smallest absolute Gasteiger partial charge is 0.224 e. The lowest BCUT2D eigenvalue weighted by atomic mass is 10.1. The van der Waals surface area contributed by atoms with Crippen molar-refractivity contribution < 1.29 is 13.6 Å². The average molecular weight is 276 g/mol. The van der Waals surface area contributed by atoms with Gasteiger partial charge < -0.3 is 5.32 Å². The van der Waals surface area contributed by atoms with E-state index in [0.29, 0.717) is 11.4 Å². The number of hydrogen-bond acceptors (Lipinski definition) is 1. The molecule has 0 fully saturated rings. The zero-order chi connectivity index (χ0) is 13.7. The number of halogens is 3. The van der Waals surface area contributed by atoms with Gasteiger partial charge in [0.2, 0.25) is 5.91 Å². The molecule has 0 aliphatic rings. The van der Waals surface area contributed by atoms with Crippen LogP contribution in [0.1, 0.15) is 19.4 Å². The molecule has 0 aromatic heterocycles. The molecule has 1 amide bonds. The summed E-state index contributed by atoms with van der Waals surface area (Å²) in [6.07, 6.45) is 0.0244. The predicted molar refractivity (Wildman–Crippen MR) is 67.6 cm³/mol. The average Bonchev–Trinajstić information content (AvgIpc) is 2.32. The molecule has 2 unspecified atom stereocenters. The first-order valence-electron chi connectivity index (χ1n) is 5.73. The normalized spacial score (nSPS) is 14.1. The maximum atomic E-state index is 13.0. The summed E-state index contributed by atoms with van der Waals surface area (Å²) in [5, 5.41) is 2.77. The van der Waals surface area contributed by atoms with Crippen molar-refractivity contribution in [1.82, 2.24) is 5.32 Å². The molecule has 1 N–H and O–H groups in total. The van der Waals surface area contributed by atoms with E-state index in [2.05, 4.69) is 5.32 Å². The third kappa shape index (κ3) is 4.26. The number of carbonyl (C=O) groups is 1. The Morgan fingerprint density at radius 3 is 2.56 bits per heavy atom. The van der Waals surface area contributed by atoms with Crippen LogP contribution in [0.4, 0.5) is 8.78 Å². The molecule has 2 nitrogen and oxygen atoms in total. The molecule has 1 aromatic rings. The van der Waals surface area contributed by atoms with E-state index < -0.39 is 11.6 Å². The number of nitrogens with one attached hydrogen (secondary N) is 1. The first-order valence-corrected chi connectivity index (χ1v) is 6.26. The monoisotopic (exact) mass is 275 g/mol. The van der Waals surface area contributed by atoms with Crippen LogP contribution in [0.5, 0.6) is 0 Å². The first-order chi connectivity index (χ1) is 8.43. The van der Waals surface area contributed by atoms with Gasteiger partial charge in [-0.25, -0.2) is 8.78 Å². The van der Waals surface area contributed by atoms with Gasteiger partial charge in [0.05, 0.1) is 6.42 Å². The quantitative estimate of drug-likeness (QED) is 0.823. The molecule has 18 heavy (non-hydrogen) atoms. The molecule has 1 rings (SSSR count). The van der Waals surface area contributed by atoms with Gasteiger partial charge in [0.15, 0.2) is 11.6 Å². The van der Waals surface area contributed by atoms with Gasteiger partial charge in [0.25, 0.3) is 0 Å². The van der Waals surface area contributed by atoms with Crippen LogP contribution in [-0.4, -0.2) is 17.8 Å². The summed E-state index contributed by atoms with van der Waals surface area (Å²) in [5.74, 6) is -1.48. The minimum Gasteiger partial charge on any atom is -0.353 e. The van der Waals surface area contributed by atoms with Gasteiger partial charge in [-0.05, 0) is 30.5 Å². The van der Waals surface area contributed by atoms with Crippen LogP contribution in [0.2, 0.25) is 0 Å². The molecular formula is C13H16ClF2NO. The highest BCUT2D eigenvalue weighted by molar-refractivity contribution is 6.18. The lowest BCUT2D eigenvalue weighted by molar-refractivity contribution is -0.121. The molecule has 0 aliphatic heterocycles. The summed E-state index contributed by atoms with van der Waals surface area (Å²) < 4.78 is 25.7. The minimum atomic E-state index is -0.942. The molecule has 100 valence electrons. The summed E-state index contributed by atoms with van der Waals surface area (Å²) in [7, 11) is 0. The highest BCUT2D eigenvalue weighted by Gasteiger charge is 2.14. The van der Waals surface area contributed by atoms with Crippen molar-refractivity contribution in [3.8, 4) is 0 Å². The van der Waals surface area contributed by atoms with Gasteiger partial charge in [0.1, 0.15) is 0 Å². The summed E-state index contributed by atoms with van der Waals surface area (Å²) in [6.45, 7) is 3.78. The van der Waals surface area contributed by atoms with Gasteiger partial charge >= 0.3 is 0 Å². The van der Waals surface area contributed by atoms with Crippen molar-refractivity contribution in [2.45, 2.75) is 26.3 Å². The second-order valence-corrected chi connectivity index (χ2v) is 4.72. The fraction of sp³-hybridized carbons (Fsp3) is 0.462. The van der Waals surface area contributed by atoms with Crippen LogP contribution >= 0.6 is 11.6 Å². The molecular weight excluding hydrogens is 260 g/mol. The van der Waals surface area contributed by atoms with Crippen LogP contribution in [0, 0.1) is 17.6 Å². The van der Waals surface area contributed by atoms with Crippen molar-refractivity contribution in [2.75, 3.05) is 5.88 Å². The number of amides is 1. The van der Waals surface area contributed by atoms with E-state index in [-0.39, 0.29) is 24.3 Å². The minimum absolute atomic E-state index is 0.0244.